The highest BCUT2D eigenvalue weighted by Crippen LogP contribution is 2.43. The molecule has 1 aromatic carbocycles. The molecule has 1 saturated carbocycles. The Kier molecular flexibility index (Phi) is 3.72. The lowest BCUT2D eigenvalue weighted by Crippen LogP contribution is -2.18. The summed E-state index contributed by atoms with van der Waals surface area (Å²) in [5.41, 5.74) is 9.81. The van der Waals surface area contributed by atoms with Gasteiger partial charge in [-0.3, -0.25) is 0 Å². The van der Waals surface area contributed by atoms with Gasteiger partial charge in [0.1, 0.15) is 5.75 Å². The fourth-order valence-electron chi connectivity index (χ4n) is 3.10. The van der Waals surface area contributed by atoms with Crippen LogP contribution in [0.3, 0.4) is 0 Å². The molecule has 0 heterocycles. The molecule has 1 aliphatic rings. The van der Waals surface area contributed by atoms with Crippen molar-refractivity contribution in [2.75, 3.05) is 13.7 Å². The van der Waals surface area contributed by atoms with Crippen LogP contribution in [0.15, 0.2) is 12.1 Å². The summed E-state index contributed by atoms with van der Waals surface area (Å²) < 4.78 is 5.62. The van der Waals surface area contributed by atoms with Gasteiger partial charge in [-0.1, -0.05) is 18.6 Å². The Morgan fingerprint density at radius 1 is 1.29 bits per heavy atom. The van der Waals surface area contributed by atoms with E-state index in [0.29, 0.717) is 11.8 Å². The molecule has 0 spiro atoms. The van der Waals surface area contributed by atoms with Crippen LogP contribution in [0.5, 0.6) is 5.75 Å². The topological polar surface area (TPSA) is 35.2 Å². The Bertz CT molecular complexity index is 400. The number of rotatable bonds is 3. The SMILES string of the molecule is COc1c(C2CCCC2CN)ccc(C)c1C. The predicted molar refractivity (Wildman–Crippen MR) is 71.6 cm³/mol. The molecular formula is C15H23NO. The van der Waals surface area contributed by atoms with Gasteiger partial charge in [-0.05, 0) is 61.8 Å². The molecule has 2 atom stereocenters. The smallest absolute Gasteiger partial charge is 0.125 e. The van der Waals surface area contributed by atoms with E-state index in [4.69, 9.17) is 10.5 Å². The monoisotopic (exact) mass is 233 g/mol. The highest BCUT2D eigenvalue weighted by atomic mass is 16.5. The molecule has 1 aliphatic carbocycles. The van der Waals surface area contributed by atoms with Crippen molar-refractivity contribution in [2.24, 2.45) is 11.7 Å². The van der Waals surface area contributed by atoms with Crippen molar-refractivity contribution in [2.45, 2.75) is 39.0 Å². The Balaban J connectivity index is 2.41. The van der Waals surface area contributed by atoms with Gasteiger partial charge in [0.15, 0.2) is 0 Å². The second-order valence-electron chi connectivity index (χ2n) is 5.16. The first-order chi connectivity index (χ1) is 8.19. The van der Waals surface area contributed by atoms with E-state index in [2.05, 4.69) is 26.0 Å². The third-order valence-electron chi connectivity index (χ3n) is 4.27. The van der Waals surface area contributed by atoms with Crippen molar-refractivity contribution in [3.8, 4) is 5.75 Å². The van der Waals surface area contributed by atoms with E-state index in [1.54, 1.807) is 7.11 Å². The zero-order valence-corrected chi connectivity index (χ0v) is 11.1. The van der Waals surface area contributed by atoms with Crippen LogP contribution in [0, 0.1) is 19.8 Å². The Morgan fingerprint density at radius 3 is 2.71 bits per heavy atom. The maximum Gasteiger partial charge on any atom is 0.125 e. The molecule has 1 fully saturated rings. The zero-order chi connectivity index (χ0) is 12.4. The highest BCUT2D eigenvalue weighted by molar-refractivity contribution is 5.47. The summed E-state index contributed by atoms with van der Waals surface area (Å²) in [4.78, 5) is 0. The first kappa shape index (κ1) is 12.4. The maximum atomic E-state index is 5.88. The van der Waals surface area contributed by atoms with E-state index < -0.39 is 0 Å². The van der Waals surface area contributed by atoms with Gasteiger partial charge >= 0.3 is 0 Å². The predicted octanol–water partition coefficient (Wildman–Crippen LogP) is 3.15. The third-order valence-corrected chi connectivity index (χ3v) is 4.27. The summed E-state index contributed by atoms with van der Waals surface area (Å²) in [5.74, 6) is 2.30. The van der Waals surface area contributed by atoms with E-state index in [0.717, 1.165) is 12.3 Å². The highest BCUT2D eigenvalue weighted by Gasteiger charge is 2.30. The standard InChI is InChI=1S/C15H23NO/c1-10-7-8-14(15(17-3)11(10)2)13-6-4-5-12(13)9-16/h7-8,12-13H,4-6,9,16H2,1-3H3. The van der Waals surface area contributed by atoms with Crippen molar-refractivity contribution in [1.82, 2.24) is 0 Å². The van der Waals surface area contributed by atoms with E-state index in [9.17, 15) is 0 Å². The van der Waals surface area contributed by atoms with Crippen LogP contribution in [0.25, 0.3) is 0 Å². The van der Waals surface area contributed by atoms with Gasteiger partial charge < -0.3 is 10.5 Å². The first-order valence-electron chi connectivity index (χ1n) is 6.53. The second kappa shape index (κ2) is 5.09. The molecule has 0 amide bonds. The molecular weight excluding hydrogens is 210 g/mol. The quantitative estimate of drug-likeness (QED) is 0.870. The van der Waals surface area contributed by atoms with Crippen molar-refractivity contribution in [3.63, 3.8) is 0 Å². The molecule has 0 aromatic heterocycles. The molecule has 0 saturated heterocycles. The molecule has 2 heteroatoms. The summed E-state index contributed by atoms with van der Waals surface area (Å²) in [6.07, 6.45) is 3.81. The minimum absolute atomic E-state index is 0.592. The van der Waals surface area contributed by atoms with Crippen LogP contribution in [0.2, 0.25) is 0 Å². The van der Waals surface area contributed by atoms with E-state index in [-0.39, 0.29) is 0 Å². The zero-order valence-electron chi connectivity index (χ0n) is 11.1. The molecule has 0 radical (unpaired) electrons. The van der Waals surface area contributed by atoms with Gasteiger partial charge in [0, 0.05) is 0 Å². The Morgan fingerprint density at radius 2 is 2.06 bits per heavy atom. The van der Waals surface area contributed by atoms with Crippen LogP contribution in [-0.2, 0) is 0 Å². The molecule has 0 aliphatic heterocycles. The van der Waals surface area contributed by atoms with E-state index in [1.807, 2.05) is 0 Å². The van der Waals surface area contributed by atoms with Gasteiger partial charge in [-0.15, -0.1) is 0 Å². The number of aryl methyl sites for hydroxylation is 1. The van der Waals surface area contributed by atoms with Crippen molar-refractivity contribution in [3.05, 3.63) is 28.8 Å². The van der Waals surface area contributed by atoms with Crippen LogP contribution in [-0.4, -0.2) is 13.7 Å². The van der Waals surface area contributed by atoms with Gasteiger partial charge in [-0.2, -0.15) is 0 Å². The van der Waals surface area contributed by atoms with Crippen LogP contribution >= 0.6 is 0 Å². The second-order valence-corrected chi connectivity index (χ2v) is 5.16. The summed E-state index contributed by atoms with van der Waals surface area (Å²) in [7, 11) is 1.78. The normalized spacial score (nSPS) is 24.0. The summed E-state index contributed by atoms with van der Waals surface area (Å²) in [6.45, 7) is 5.07. The maximum absolute atomic E-state index is 5.88. The van der Waals surface area contributed by atoms with Gasteiger partial charge in [0.05, 0.1) is 7.11 Å². The van der Waals surface area contributed by atoms with Gasteiger partial charge in [0.2, 0.25) is 0 Å². The number of hydrogen-bond donors (Lipinski definition) is 1. The summed E-state index contributed by atoms with van der Waals surface area (Å²) in [6, 6.07) is 4.44. The molecule has 2 rings (SSSR count). The Labute approximate surface area is 104 Å². The third kappa shape index (κ3) is 2.19. The van der Waals surface area contributed by atoms with Crippen molar-refractivity contribution >= 4 is 0 Å². The van der Waals surface area contributed by atoms with Crippen molar-refractivity contribution < 1.29 is 4.74 Å². The fraction of sp³-hybridized carbons (Fsp3) is 0.600. The van der Waals surface area contributed by atoms with E-state index in [1.165, 1.54) is 36.0 Å². The molecule has 17 heavy (non-hydrogen) atoms. The first-order valence-corrected chi connectivity index (χ1v) is 6.53. The average Bonchev–Trinajstić information content (AvgIpc) is 2.80. The fourth-order valence-corrected chi connectivity index (χ4v) is 3.10. The summed E-state index contributed by atoms with van der Waals surface area (Å²) >= 11 is 0. The van der Waals surface area contributed by atoms with Crippen molar-refractivity contribution in [1.29, 1.82) is 0 Å². The van der Waals surface area contributed by atoms with Gasteiger partial charge in [-0.25, -0.2) is 0 Å². The van der Waals surface area contributed by atoms with Crippen LogP contribution in [0.4, 0.5) is 0 Å². The summed E-state index contributed by atoms with van der Waals surface area (Å²) in [5, 5.41) is 0. The number of benzene rings is 1. The number of nitrogens with two attached hydrogens (primary N) is 1. The lowest BCUT2D eigenvalue weighted by atomic mass is 9.86. The lowest BCUT2D eigenvalue weighted by Gasteiger charge is -2.22. The molecule has 94 valence electrons. The molecule has 2 nitrogen and oxygen atoms in total. The van der Waals surface area contributed by atoms with Crippen LogP contribution < -0.4 is 10.5 Å². The molecule has 1 aromatic rings. The van der Waals surface area contributed by atoms with E-state index >= 15 is 0 Å². The Hall–Kier alpha value is -1.02. The minimum Gasteiger partial charge on any atom is -0.496 e. The average molecular weight is 233 g/mol. The lowest BCUT2D eigenvalue weighted by molar-refractivity contribution is 0.393. The number of ether oxygens (including phenoxy) is 1. The number of methoxy groups -OCH3 is 1. The van der Waals surface area contributed by atoms with Gasteiger partial charge in [0.25, 0.3) is 0 Å². The van der Waals surface area contributed by atoms with Crippen LogP contribution in [0.1, 0.15) is 41.9 Å². The minimum atomic E-state index is 0.592. The largest absolute Gasteiger partial charge is 0.496 e. The molecule has 2 N–H and O–H groups in total. The molecule has 0 bridgehead atoms. The number of hydrogen-bond acceptors (Lipinski definition) is 2. The molecule has 2 unspecified atom stereocenters.